The van der Waals surface area contributed by atoms with Crippen LogP contribution in [-0.4, -0.2) is 24.0 Å². The Morgan fingerprint density at radius 1 is 1.11 bits per heavy atom. The van der Waals surface area contributed by atoms with E-state index in [1.807, 2.05) is 6.07 Å². The first-order chi connectivity index (χ1) is 12.8. The Labute approximate surface area is 156 Å². The van der Waals surface area contributed by atoms with Crippen LogP contribution in [0.15, 0.2) is 54.6 Å². The van der Waals surface area contributed by atoms with Gasteiger partial charge in [-0.15, -0.1) is 0 Å². The van der Waals surface area contributed by atoms with E-state index in [4.69, 9.17) is 4.74 Å². The summed E-state index contributed by atoms with van der Waals surface area (Å²) < 4.78 is 18.5. The maximum absolute atomic E-state index is 13.5. The minimum absolute atomic E-state index is 0.309. The van der Waals surface area contributed by atoms with Crippen LogP contribution in [0.4, 0.5) is 4.39 Å². The number of aryl methyl sites for hydroxylation is 1. The van der Waals surface area contributed by atoms with Crippen molar-refractivity contribution in [3.8, 4) is 0 Å². The molecule has 1 atom stereocenters. The Morgan fingerprint density at radius 2 is 1.81 bits per heavy atom. The summed E-state index contributed by atoms with van der Waals surface area (Å²) in [5.74, 6) is -1.51. The molecule has 1 aromatic heterocycles. The molecule has 0 aliphatic rings. The zero-order valence-corrected chi connectivity index (χ0v) is 15.2. The highest BCUT2D eigenvalue weighted by Gasteiger charge is 2.38. The number of pyridine rings is 1. The van der Waals surface area contributed by atoms with Crippen LogP contribution in [-0.2, 0) is 15.1 Å². The quantitative estimate of drug-likeness (QED) is 0.718. The lowest BCUT2D eigenvalue weighted by Crippen LogP contribution is -2.50. The van der Waals surface area contributed by atoms with E-state index >= 15 is 0 Å². The van der Waals surface area contributed by atoms with Crippen LogP contribution in [0, 0.1) is 12.7 Å². The summed E-state index contributed by atoms with van der Waals surface area (Å²) in [6.07, 6.45) is 0. The van der Waals surface area contributed by atoms with Gasteiger partial charge in [0.15, 0.2) is 5.54 Å². The highest BCUT2D eigenvalue weighted by atomic mass is 19.1. The van der Waals surface area contributed by atoms with Gasteiger partial charge < -0.3 is 10.1 Å². The topological polar surface area (TPSA) is 68.3 Å². The summed E-state index contributed by atoms with van der Waals surface area (Å²) >= 11 is 0. The lowest BCUT2D eigenvalue weighted by atomic mass is 9.91. The Kier molecular flexibility index (Phi) is 4.90. The van der Waals surface area contributed by atoms with Crippen molar-refractivity contribution in [3.63, 3.8) is 0 Å². The molecule has 1 heterocycles. The molecule has 27 heavy (non-hydrogen) atoms. The molecule has 0 spiro atoms. The van der Waals surface area contributed by atoms with Crippen molar-refractivity contribution in [2.24, 2.45) is 0 Å². The van der Waals surface area contributed by atoms with Crippen LogP contribution in [0.1, 0.15) is 28.5 Å². The number of esters is 1. The molecule has 0 aliphatic carbocycles. The summed E-state index contributed by atoms with van der Waals surface area (Å²) in [6, 6.07) is 14.5. The van der Waals surface area contributed by atoms with Crippen LogP contribution in [0.5, 0.6) is 0 Å². The van der Waals surface area contributed by atoms with E-state index in [-0.39, 0.29) is 0 Å². The number of aromatic nitrogens is 1. The highest BCUT2D eigenvalue weighted by molar-refractivity contribution is 6.07. The van der Waals surface area contributed by atoms with Gasteiger partial charge >= 0.3 is 5.97 Å². The number of nitrogens with one attached hydrogen (secondary N) is 1. The Balaban J connectivity index is 2.07. The van der Waals surface area contributed by atoms with Crippen molar-refractivity contribution in [1.29, 1.82) is 0 Å². The monoisotopic (exact) mass is 366 g/mol. The molecule has 0 aliphatic heterocycles. The lowest BCUT2D eigenvalue weighted by Gasteiger charge is -2.28. The third-order valence-electron chi connectivity index (χ3n) is 4.45. The fourth-order valence-electron chi connectivity index (χ4n) is 3.03. The first-order valence-electron chi connectivity index (χ1n) is 8.38. The van der Waals surface area contributed by atoms with Crippen LogP contribution in [0.3, 0.4) is 0 Å². The molecule has 0 fully saturated rings. The molecule has 1 amide bonds. The third-order valence-corrected chi connectivity index (χ3v) is 4.45. The van der Waals surface area contributed by atoms with Gasteiger partial charge in [0, 0.05) is 17.1 Å². The second-order valence-electron chi connectivity index (χ2n) is 6.41. The average Bonchev–Trinajstić information content (AvgIpc) is 2.66. The fraction of sp³-hybridized carbons (Fsp3) is 0.190. The number of benzene rings is 2. The average molecular weight is 366 g/mol. The number of carbonyl (C=O) groups is 2. The number of carbonyl (C=O) groups excluding carboxylic acids is 2. The molecule has 6 heteroatoms. The molecule has 1 N–H and O–H groups in total. The summed E-state index contributed by atoms with van der Waals surface area (Å²) in [4.78, 5) is 29.8. The number of nitrogens with zero attached hydrogens (tertiary/aromatic N) is 1. The minimum atomic E-state index is -1.38. The van der Waals surface area contributed by atoms with Crippen molar-refractivity contribution in [3.05, 3.63) is 77.2 Å². The van der Waals surface area contributed by atoms with E-state index < -0.39 is 23.2 Å². The smallest absolute Gasteiger partial charge is 0.336 e. The first-order valence-corrected chi connectivity index (χ1v) is 8.38. The number of hydrogen-bond acceptors (Lipinski definition) is 4. The summed E-state index contributed by atoms with van der Waals surface area (Å²) in [7, 11) is 1.27. The van der Waals surface area contributed by atoms with Gasteiger partial charge in [-0.25, -0.2) is 9.18 Å². The molecule has 2 aromatic carbocycles. The molecule has 138 valence electrons. The van der Waals surface area contributed by atoms with E-state index in [9.17, 15) is 14.0 Å². The number of amides is 1. The van der Waals surface area contributed by atoms with Crippen molar-refractivity contribution in [2.75, 3.05) is 7.11 Å². The predicted molar refractivity (Wildman–Crippen MR) is 99.7 cm³/mol. The number of rotatable bonds is 4. The molecule has 0 radical (unpaired) electrons. The Morgan fingerprint density at radius 3 is 2.48 bits per heavy atom. The maximum Gasteiger partial charge on any atom is 0.336 e. The van der Waals surface area contributed by atoms with E-state index in [0.717, 1.165) is 0 Å². The van der Waals surface area contributed by atoms with E-state index in [1.165, 1.54) is 25.3 Å². The SMILES string of the molecule is COC(=O)[C@@](C)(NC(=O)c1cc(C)nc2cc(F)ccc12)c1ccccc1. The molecule has 0 saturated carbocycles. The number of ether oxygens (including phenoxy) is 1. The van der Waals surface area contributed by atoms with Gasteiger partial charge in [-0.05, 0) is 37.6 Å². The first kappa shape index (κ1) is 18.5. The van der Waals surface area contributed by atoms with Gasteiger partial charge in [0.1, 0.15) is 5.82 Å². The second-order valence-corrected chi connectivity index (χ2v) is 6.41. The molecular weight excluding hydrogens is 347 g/mol. The van der Waals surface area contributed by atoms with Gasteiger partial charge in [0.05, 0.1) is 18.2 Å². The minimum Gasteiger partial charge on any atom is -0.467 e. The van der Waals surface area contributed by atoms with Crippen molar-refractivity contribution >= 4 is 22.8 Å². The molecule has 3 aromatic rings. The van der Waals surface area contributed by atoms with Crippen LogP contribution < -0.4 is 5.32 Å². The lowest BCUT2D eigenvalue weighted by molar-refractivity contribution is -0.147. The summed E-state index contributed by atoms with van der Waals surface area (Å²) in [5, 5.41) is 3.28. The Bertz CT molecular complexity index is 1020. The molecule has 0 unspecified atom stereocenters. The number of methoxy groups -OCH3 is 1. The molecule has 0 saturated heterocycles. The normalized spacial score (nSPS) is 13.0. The van der Waals surface area contributed by atoms with E-state index in [0.29, 0.717) is 27.7 Å². The number of hydrogen-bond donors (Lipinski definition) is 1. The van der Waals surface area contributed by atoms with Gasteiger partial charge in [-0.3, -0.25) is 9.78 Å². The zero-order chi connectivity index (χ0) is 19.6. The van der Waals surface area contributed by atoms with Crippen LogP contribution in [0.2, 0.25) is 0 Å². The van der Waals surface area contributed by atoms with Crippen molar-refractivity contribution in [2.45, 2.75) is 19.4 Å². The van der Waals surface area contributed by atoms with Gasteiger partial charge in [0.25, 0.3) is 5.91 Å². The van der Waals surface area contributed by atoms with Gasteiger partial charge in [-0.2, -0.15) is 0 Å². The molecular formula is C21H19FN2O3. The maximum atomic E-state index is 13.5. The zero-order valence-electron chi connectivity index (χ0n) is 15.2. The predicted octanol–water partition coefficient (Wildman–Crippen LogP) is 3.50. The van der Waals surface area contributed by atoms with Crippen molar-refractivity contribution < 1.29 is 18.7 Å². The Hall–Kier alpha value is -3.28. The van der Waals surface area contributed by atoms with Crippen LogP contribution >= 0.6 is 0 Å². The molecule has 5 nitrogen and oxygen atoms in total. The van der Waals surface area contributed by atoms with Gasteiger partial charge in [-0.1, -0.05) is 30.3 Å². The van der Waals surface area contributed by atoms with Crippen molar-refractivity contribution in [1.82, 2.24) is 10.3 Å². The molecule has 0 bridgehead atoms. The standard InChI is InChI=1S/C21H19FN2O3/c1-13-11-17(16-10-9-15(22)12-18(16)23-13)19(25)24-21(2,20(26)27-3)14-7-5-4-6-8-14/h4-12H,1-3H3,(H,24,25)/t21-/m0/s1. The number of halogens is 1. The van der Waals surface area contributed by atoms with Crippen LogP contribution in [0.25, 0.3) is 10.9 Å². The van der Waals surface area contributed by atoms with Gasteiger partial charge in [0.2, 0.25) is 0 Å². The summed E-state index contributed by atoms with van der Waals surface area (Å²) in [6.45, 7) is 3.31. The van der Waals surface area contributed by atoms with E-state index in [1.54, 1.807) is 44.2 Å². The third kappa shape index (κ3) is 3.51. The second kappa shape index (κ2) is 7.15. The number of fused-ring (bicyclic) bond motifs is 1. The summed E-state index contributed by atoms with van der Waals surface area (Å²) in [5.41, 5.74) is 0.462. The largest absolute Gasteiger partial charge is 0.467 e. The fourth-order valence-corrected chi connectivity index (χ4v) is 3.03. The highest BCUT2D eigenvalue weighted by Crippen LogP contribution is 2.25. The molecule has 3 rings (SSSR count). The van der Waals surface area contributed by atoms with E-state index in [2.05, 4.69) is 10.3 Å².